The van der Waals surface area contributed by atoms with E-state index in [1.54, 1.807) is 37.4 Å². The SMILES string of the molecule is Cc1ccc(CN(C)C(=O)CN2C(=O)c3ccccc3C2=O)o1. The number of benzene rings is 1. The van der Waals surface area contributed by atoms with Gasteiger partial charge in [-0.2, -0.15) is 0 Å². The zero-order valence-corrected chi connectivity index (χ0v) is 12.9. The first-order valence-electron chi connectivity index (χ1n) is 7.22. The van der Waals surface area contributed by atoms with E-state index in [0.717, 1.165) is 10.7 Å². The highest BCUT2D eigenvalue weighted by Crippen LogP contribution is 2.22. The fraction of sp³-hybridized carbons (Fsp3) is 0.235. The summed E-state index contributed by atoms with van der Waals surface area (Å²) < 4.78 is 5.43. The molecule has 0 aliphatic carbocycles. The molecule has 118 valence electrons. The largest absolute Gasteiger partial charge is 0.464 e. The number of aryl methyl sites for hydroxylation is 1. The van der Waals surface area contributed by atoms with Gasteiger partial charge >= 0.3 is 0 Å². The molecule has 6 heteroatoms. The lowest BCUT2D eigenvalue weighted by atomic mass is 10.1. The van der Waals surface area contributed by atoms with E-state index in [2.05, 4.69) is 0 Å². The van der Waals surface area contributed by atoms with Crippen LogP contribution in [0, 0.1) is 6.92 Å². The molecular weight excluding hydrogens is 296 g/mol. The molecule has 0 saturated heterocycles. The minimum Gasteiger partial charge on any atom is -0.464 e. The van der Waals surface area contributed by atoms with E-state index >= 15 is 0 Å². The smallest absolute Gasteiger partial charge is 0.262 e. The number of imide groups is 1. The summed E-state index contributed by atoms with van der Waals surface area (Å²) in [6, 6.07) is 10.2. The van der Waals surface area contributed by atoms with E-state index in [-0.39, 0.29) is 19.0 Å². The highest BCUT2D eigenvalue weighted by molar-refractivity contribution is 6.22. The van der Waals surface area contributed by atoms with Crippen LogP contribution in [0.4, 0.5) is 0 Å². The summed E-state index contributed by atoms with van der Waals surface area (Å²) >= 11 is 0. The molecule has 0 unspecified atom stereocenters. The van der Waals surface area contributed by atoms with Crippen molar-refractivity contribution in [2.45, 2.75) is 13.5 Å². The van der Waals surface area contributed by atoms with Crippen molar-refractivity contribution >= 4 is 17.7 Å². The molecule has 1 aromatic carbocycles. The van der Waals surface area contributed by atoms with Crippen LogP contribution >= 0.6 is 0 Å². The zero-order chi connectivity index (χ0) is 16.6. The van der Waals surface area contributed by atoms with Gasteiger partial charge < -0.3 is 9.32 Å². The number of rotatable bonds is 4. The Kier molecular flexibility index (Phi) is 3.73. The van der Waals surface area contributed by atoms with E-state index in [1.807, 2.05) is 13.0 Å². The molecule has 2 aromatic rings. The topological polar surface area (TPSA) is 70.8 Å². The summed E-state index contributed by atoms with van der Waals surface area (Å²) in [6.07, 6.45) is 0. The van der Waals surface area contributed by atoms with Gasteiger partial charge in [-0.25, -0.2) is 0 Å². The second-order valence-corrected chi connectivity index (χ2v) is 5.50. The van der Waals surface area contributed by atoms with Gasteiger partial charge in [0.1, 0.15) is 18.1 Å². The molecule has 1 aliphatic rings. The van der Waals surface area contributed by atoms with Gasteiger partial charge in [-0.3, -0.25) is 19.3 Å². The molecule has 0 spiro atoms. The van der Waals surface area contributed by atoms with Crippen LogP contribution in [0.1, 0.15) is 32.2 Å². The highest BCUT2D eigenvalue weighted by atomic mass is 16.3. The van der Waals surface area contributed by atoms with Crippen molar-refractivity contribution in [3.63, 3.8) is 0 Å². The van der Waals surface area contributed by atoms with Gasteiger partial charge in [-0.05, 0) is 31.2 Å². The average Bonchev–Trinajstić information content (AvgIpc) is 3.04. The molecule has 0 bridgehead atoms. The van der Waals surface area contributed by atoms with Gasteiger partial charge in [-0.1, -0.05) is 12.1 Å². The van der Waals surface area contributed by atoms with E-state index < -0.39 is 11.8 Å². The predicted octanol–water partition coefficient (Wildman–Crippen LogP) is 1.84. The van der Waals surface area contributed by atoms with Crippen molar-refractivity contribution in [3.8, 4) is 0 Å². The van der Waals surface area contributed by atoms with Crippen LogP contribution in [0.25, 0.3) is 0 Å². The van der Waals surface area contributed by atoms with Crippen molar-refractivity contribution < 1.29 is 18.8 Å². The first-order valence-corrected chi connectivity index (χ1v) is 7.22. The summed E-state index contributed by atoms with van der Waals surface area (Å²) in [7, 11) is 1.61. The minimum absolute atomic E-state index is 0.275. The Hall–Kier alpha value is -2.89. The monoisotopic (exact) mass is 312 g/mol. The lowest BCUT2D eigenvalue weighted by Gasteiger charge is -2.19. The fourth-order valence-electron chi connectivity index (χ4n) is 2.53. The van der Waals surface area contributed by atoms with E-state index in [4.69, 9.17) is 4.42 Å². The number of amides is 3. The standard InChI is InChI=1S/C17H16N2O4/c1-11-7-8-12(23-11)9-18(2)15(20)10-19-16(21)13-5-3-4-6-14(13)17(19)22/h3-8H,9-10H2,1-2H3. The average molecular weight is 312 g/mol. The summed E-state index contributed by atoms with van der Waals surface area (Å²) in [4.78, 5) is 39.2. The molecular formula is C17H16N2O4. The zero-order valence-electron chi connectivity index (χ0n) is 12.9. The van der Waals surface area contributed by atoms with Crippen LogP contribution < -0.4 is 0 Å². The number of nitrogens with zero attached hydrogens (tertiary/aromatic N) is 2. The first kappa shape index (κ1) is 15.0. The number of carbonyl (C=O) groups is 3. The third-order valence-electron chi connectivity index (χ3n) is 3.79. The number of hydrogen-bond donors (Lipinski definition) is 0. The Balaban J connectivity index is 1.69. The Morgan fingerprint density at radius 1 is 1.09 bits per heavy atom. The molecule has 0 radical (unpaired) electrons. The van der Waals surface area contributed by atoms with Crippen molar-refractivity contribution in [1.82, 2.24) is 9.80 Å². The molecule has 23 heavy (non-hydrogen) atoms. The maximum absolute atomic E-state index is 12.3. The first-order chi connectivity index (χ1) is 11.0. The summed E-state index contributed by atoms with van der Waals surface area (Å²) in [5, 5.41) is 0. The lowest BCUT2D eigenvalue weighted by molar-refractivity contribution is -0.130. The molecule has 6 nitrogen and oxygen atoms in total. The number of fused-ring (bicyclic) bond motifs is 1. The second-order valence-electron chi connectivity index (χ2n) is 5.50. The maximum Gasteiger partial charge on any atom is 0.262 e. The predicted molar refractivity (Wildman–Crippen MR) is 81.7 cm³/mol. The minimum atomic E-state index is -0.429. The number of likely N-dealkylation sites (N-methyl/N-ethyl adjacent to an activating group) is 1. The van der Waals surface area contributed by atoms with Crippen molar-refractivity contribution in [2.75, 3.05) is 13.6 Å². The van der Waals surface area contributed by atoms with Crippen LogP contribution in [0.2, 0.25) is 0 Å². The van der Waals surface area contributed by atoms with E-state index in [9.17, 15) is 14.4 Å². The van der Waals surface area contributed by atoms with Gasteiger partial charge in [0.05, 0.1) is 17.7 Å². The number of furan rings is 1. The second kappa shape index (κ2) is 5.72. The number of hydrogen-bond acceptors (Lipinski definition) is 4. The van der Waals surface area contributed by atoms with Gasteiger partial charge in [0.2, 0.25) is 5.91 Å². The Labute approximate surface area is 133 Å². The molecule has 2 heterocycles. The van der Waals surface area contributed by atoms with Crippen LogP contribution in [0.15, 0.2) is 40.8 Å². The molecule has 1 aliphatic heterocycles. The Morgan fingerprint density at radius 3 is 2.22 bits per heavy atom. The molecule has 0 saturated carbocycles. The fourth-order valence-corrected chi connectivity index (χ4v) is 2.53. The molecule has 0 atom stereocenters. The van der Waals surface area contributed by atoms with Crippen molar-refractivity contribution in [2.24, 2.45) is 0 Å². The molecule has 0 N–H and O–H groups in total. The van der Waals surface area contributed by atoms with Crippen LogP contribution in [-0.4, -0.2) is 41.1 Å². The van der Waals surface area contributed by atoms with Crippen LogP contribution in [0.5, 0.6) is 0 Å². The molecule has 3 amide bonds. The van der Waals surface area contributed by atoms with Gasteiger partial charge in [0.25, 0.3) is 11.8 Å². The number of carbonyl (C=O) groups excluding carboxylic acids is 3. The third-order valence-corrected chi connectivity index (χ3v) is 3.79. The quantitative estimate of drug-likeness (QED) is 0.808. The summed E-state index contributed by atoms with van der Waals surface area (Å²) in [5.74, 6) is 0.234. The summed E-state index contributed by atoms with van der Waals surface area (Å²) in [6.45, 7) is 1.84. The van der Waals surface area contributed by atoms with Crippen LogP contribution in [0.3, 0.4) is 0 Å². The highest BCUT2D eigenvalue weighted by Gasteiger charge is 2.36. The van der Waals surface area contributed by atoms with E-state index in [1.165, 1.54) is 4.90 Å². The normalized spacial score (nSPS) is 13.4. The lowest BCUT2D eigenvalue weighted by Crippen LogP contribution is -2.40. The molecule has 3 rings (SSSR count). The van der Waals surface area contributed by atoms with Crippen molar-refractivity contribution in [1.29, 1.82) is 0 Å². The van der Waals surface area contributed by atoms with Crippen LogP contribution in [-0.2, 0) is 11.3 Å². The molecule has 1 aromatic heterocycles. The Bertz CT molecular complexity index is 758. The van der Waals surface area contributed by atoms with Crippen molar-refractivity contribution in [3.05, 3.63) is 59.0 Å². The third kappa shape index (κ3) is 2.75. The summed E-state index contributed by atoms with van der Waals surface area (Å²) in [5.41, 5.74) is 0.684. The van der Waals surface area contributed by atoms with Gasteiger partial charge in [-0.15, -0.1) is 0 Å². The van der Waals surface area contributed by atoms with Gasteiger partial charge in [0.15, 0.2) is 0 Å². The van der Waals surface area contributed by atoms with Gasteiger partial charge in [0, 0.05) is 7.05 Å². The van der Waals surface area contributed by atoms with E-state index in [0.29, 0.717) is 16.9 Å². The Morgan fingerprint density at radius 2 is 1.70 bits per heavy atom. The maximum atomic E-state index is 12.3. The molecule has 0 fully saturated rings.